The van der Waals surface area contributed by atoms with E-state index in [9.17, 15) is 5.11 Å². The highest BCUT2D eigenvalue weighted by Crippen LogP contribution is 2.23. The molecule has 0 spiro atoms. The second kappa shape index (κ2) is 8.79. The minimum absolute atomic E-state index is 0.196. The number of methoxy groups -OCH3 is 1. The zero-order chi connectivity index (χ0) is 14.9. The highest BCUT2D eigenvalue weighted by molar-refractivity contribution is 5.77. The first-order chi connectivity index (χ1) is 10.3. The average Bonchev–Trinajstić information content (AvgIpc) is 2.94. The van der Waals surface area contributed by atoms with Crippen LogP contribution in [0.25, 0.3) is 11.0 Å². The molecule has 5 heteroatoms. The maximum atomic E-state index is 10.0. The normalized spacial score (nSPS) is 12.9. The number of hydrogen-bond donors (Lipinski definition) is 1. The van der Waals surface area contributed by atoms with E-state index >= 15 is 0 Å². The molecule has 1 aromatic heterocycles. The third-order valence-corrected chi connectivity index (χ3v) is 3.06. The lowest BCUT2D eigenvalue weighted by atomic mass is 10.2. The third-order valence-electron chi connectivity index (χ3n) is 3.06. The van der Waals surface area contributed by atoms with Gasteiger partial charge in [-0.3, -0.25) is 0 Å². The number of fused-ring (bicyclic) bond motifs is 1. The van der Waals surface area contributed by atoms with E-state index in [1.165, 1.54) is 0 Å². The van der Waals surface area contributed by atoms with Crippen LogP contribution in [0.1, 0.15) is 18.3 Å². The molecule has 1 atom stereocenters. The molecular formula is C16H22O5. The fraction of sp³-hybridized carbons (Fsp3) is 0.500. The van der Waals surface area contributed by atoms with Crippen LogP contribution in [0.4, 0.5) is 0 Å². The summed E-state index contributed by atoms with van der Waals surface area (Å²) >= 11 is 0. The average molecular weight is 294 g/mol. The van der Waals surface area contributed by atoms with Gasteiger partial charge in [0.1, 0.15) is 17.4 Å². The van der Waals surface area contributed by atoms with E-state index in [-0.39, 0.29) is 6.61 Å². The summed E-state index contributed by atoms with van der Waals surface area (Å²) in [7, 11) is 1.67. The number of para-hydroxylation sites is 1. The second-order valence-corrected chi connectivity index (χ2v) is 4.74. The highest BCUT2D eigenvalue weighted by atomic mass is 16.5. The van der Waals surface area contributed by atoms with Crippen LogP contribution < -0.4 is 0 Å². The molecule has 1 unspecified atom stereocenters. The summed E-state index contributed by atoms with van der Waals surface area (Å²) in [4.78, 5) is 0. The number of benzene rings is 1. The number of hydrogen-bond acceptors (Lipinski definition) is 5. The maximum absolute atomic E-state index is 10.0. The van der Waals surface area contributed by atoms with E-state index in [1.54, 1.807) is 7.11 Å². The monoisotopic (exact) mass is 294 g/mol. The first-order valence-corrected chi connectivity index (χ1v) is 7.12. The molecule has 5 nitrogen and oxygen atoms in total. The van der Waals surface area contributed by atoms with Gasteiger partial charge in [0.2, 0.25) is 0 Å². The first kappa shape index (κ1) is 16.0. The second-order valence-electron chi connectivity index (χ2n) is 4.74. The Morgan fingerprint density at radius 2 is 1.90 bits per heavy atom. The molecule has 2 rings (SSSR count). The number of aliphatic hydroxyl groups excluding tert-OH is 1. The summed E-state index contributed by atoms with van der Waals surface area (Å²) < 4.78 is 21.2. The van der Waals surface area contributed by atoms with Gasteiger partial charge in [0, 0.05) is 25.7 Å². The summed E-state index contributed by atoms with van der Waals surface area (Å²) in [6.07, 6.45) is 0.115. The molecule has 0 bridgehead atoms. The Balaban J connectivity index is 1.64. The third kappa shape index (κ3) is 5.13. The molecule has 2 aromatic rings. The fourth-order valence-electron chi connectivity index (χ4n) is 1.97. The SMILES string of the molecule is COCCCOCCOCC(O)c1cc2ccccc2o1. The van der Waals surface area contributed by atoms with Crippen molar-refractivity contribution < 1.29 is 23.7 Å². The van der Waals surface area contributed by atoms with Crippen LogP contribution in [-0.4, -0.2) is 45.3 Å². The number of furan rings is 1. The molecule has 1 heterocycles. The van der Waals surface area contributed by atoms with Crippen molar-refractivity contribution in [2.45, 2.75) is 12.5 Å². The molecule has 116 valence electrons. The lowest BCUT2D eigenvalue weighted by Crippen LogP contribution is -2.11. The summed E-state index contributed by atoms with van der Waals surface area (Å²) in [5, 5.41) is 11.0. The van der Waals surface area contributed by atoms with E-state index in [1.807, 2.05) is 30.3 Å². The Labute approximate surface area is 124 Å². The van der Waals surface area contributed by atoms with E-state index in [0.717, 1.165) is 17.4 Å². The zero-order valence-corrected chi connectivity index (χ0v) is 12.3. The van der Waals surface area contributed by atoms with Crippen molar-refractivity contribution in [2.24, 2.45) is 0 Å². The van der Waals surface area contributed by atoms with E-state index in [2.05, 4.69) is 0 Å². The Morgan fingerprint density at radius 1 is 1.10 bits per heavy atom. The molecule has 1 N–H and O–H groups in total. The van der Waals surface area contributed by atoms with Gasteiger partial charge in [-0.1, -0.05) is 18.2 Å². The van der Waals surface area contributed by atoms with Crippen LogP contribution in [0.2, 0.25) is 0 Å². The highest BCUT2D eigenvalue weighted by Gasteiger charge is 2.13. The minimum atomic E-state index is -0.758. The molecule has 0 amide bonds. The molecule has 21 heavy (non-hydrogen) atoms. The molecule has 0 radical (unpaired) electrons. The van der Waals surface area contributed by atoms with Crippen molar-refractivity contribution in [1.29, 1.82) is 0 Å². The van der Waals surface area contributed by atoms with Crippen LogP contribution in [0.3, 0.4) is 0 Å². The number of rotatable bonds is 10. The molecule has 0 aliphatic carbocycles. The lowest BCUT2D eigenvalue weighted by molar-refractivity contribution is -0.00525. The molecular weight excluding hydrogens is 272 g/mol. The largest absolute Gasteiger partial charge is 0.458 e. The van der Waals surface area contributed by atoms with Gasteiger partial charge in [-0.15, -0.1) is 0 Å². The predicted octanol–water partition coefficient (Wildman–Crippen LogP) is 2.54. The predicted molar refractivity (Wildman–Crippen MR) is 79.3 cm³/mol. The molecule has 1 aromatic carbocycles. The van der Waals surface area contributed by atoms with Crippen LogP contribution in [0.5, 0.6) is 0 Å². The van der Waals surface area contributed by atoms with Gasteiger partial charge in [-0.25, -0.2) is 0 Å². The molecule has 0 aliphatic rings. The maximum Gasteiger partial charge on any atom is 0.136 e. The molecule has 0 fully saturated rings. The molecule has 0 saturated heterocycles. The molecule has 0 aliphatic heterocycles. The fourth-order valence-corrected chi connectivity index (χ4v) is 1.97. The van der Waals surface area contributed by atoms with Gasteiger partial charge in [0.05, 0.1) is 19.8 Å². The summed E-state index contributed by atoms with van der Waals surface area (Å²) in [5.74, 6) is 0.525. The van der Waals surface area contributed by atoms with Crippen molar-refractivity contribution in [3.05, 3.63) is 36.1 Å². The van der Waals surface area contributed by atoms with Gasteiger partial charge in [-0.2, -0.15) is 0 Å². The van der Waals surface area contributed by atoms with Crippen LogP contribution in [0.15, 0.2) is 34.7 Å². The van der Waals surface area contributed by atoms with E-state index < -0.39 is 6.10 Å². The van der Waals surface area contributed by atoms with Crippen LogP contribution >= 0.6 is 0 Å². The Bertz CT molecular complexity index is 489. The smallest absolute Gasteiger partial charge is 0.136 e. The number of ether oxygens (including phenoxy) is 3. The van der Waals surface area contributed by atoms with E-state index in [4.69, 9.17) is 18.6 Å². The molecule has 0 saturated carbocycles. The van der Waals surface area contributed by atoms with Gasteiger partial charge in [0.25, 0.3) is 0 Å². The first-order valence-electron chi connectivity index (χ1n) is 7.12. The summed E-state index contributed by atoms with van der Waals surface area (Å²) in [5.41, 5.74) is 0.771. The summed E-state index contributed by atoms with van der Waals surface area (Å²) in [6.45, 7) is 2.51. The summed E-state index contributed by atoms with van der Waals surface area (Å²) in [6, 6.07) is 9.50. The Kier molecular flexibility index (Phi) is 6.69. The van der Waals surface area contributed by atoms with Crippen molar-refractivity contribution >= 4 is 11.0 Å². The van der Waals surface area contributed by atoms with Gasteiger partial charge >= 0.3 is 0 Å². The van der Waals surface area contributed by atoms with Crippen molar-refractivity contribution in [1.82, 2.24) is 0 Å². The Hall–Kier alpha value is -1.40. The van der Waals surface area contributed by atoms with Crippen molar-refractivity contribution in [3.63, 3.8) is 0 Å². The zero-order valence-electron chi connectivity index (χ0n) is 12.3. The van der Waals surface area contributed by atoms with Gasteiger partial charge < -0.3 is 23.7 Å². The standard InChI is InChI=1S/C16H22O5/c1-18-7-4-8-19-9-10-20-12-14(17)16-11-13-5-2-3-6-15(13)21-16/h2-3,5-6,11,14,17H,4,7-10,12H2,1H3. The van der Waals surface area contributed by atoms with Crippen molar-refractivity contribution in [3.8, 4) is 0 Å². The van der Waals surface area contributed by atoms with Crippen LogP contribution in [-0.2, 0) is 14.2 Å². The quantitative estimate of drug-likeness (QED) is 0.682. The van der Waals surface area contributed by atoms with Crippen LogP contribution in [0, 0.1) is 0 Å². The van der Waals surface area contributed by atoms with Crippen molar-refractivity contribution in [2.75, 3.05) is 40.1 Å². The van der Waals surface area contributed by atoms with E-state index in [0.29, 0.717) is 32.2 Å². The topological polar surface area (TPSA) is 61.1 Å². The lowest BCUT2D eigenvalue weighted by Gasteiger charge is -2.09. The minimum Gasteiger partial charge on any atom is -0.458 e. The Morgan fingerprint density at radius 3 is 2.71 bits per heavy atom. The van der Waals surface area contributed by atoms with Gasteiger partial charge in [0.15, 0.2) is 0 Å². The van der Waals surface area contributed by atoms with Gasteiger partial charge in [-0.05, 0) is 18.6 Å². The number of aliphatic hydroxyl groups is 1.